The molecule has 1 N–H and O–H groups in total. The van der Waals surface area contributed by atoms with Gasteiger partial charge in [-0.1, -0.05) is 0 Å². The summed E-state index contributed by atoms with van der Waals surface area (Å²) < 4.78 is 53.6. The number of hydrogen-bond acceptors (Lipinski definition) is 3. The molecule has 0 aliphatic heterocycles. The van der Waals surface area contributed by atoms with Crippen LogP contribution >= 0.6 is 0 Å². The second-order valence-corrected chi connectivity index (χ2v) is 4.34. The van der Waals surface area contributed by atoms with E-state index in [0.717, 1.165) is 0 Å². The summed E-state index contributed by atoms with van der Waals surface area (Å²) in [6, 6.07) is 5.38. The molecule has 0 aliphatic rings. The van der Waals surface area contributed by atoms with Crippen molar-refractivity contribution in [3.63, 3.8) is 0 Å². The van der Waals surface area contributed by atoms with Gasteiger partial charge in [0.05, 0.1) is 19.6 Å². The number of ether oxygens (including phenoxy) is 1. The molecule has 0 spiro atoms. The molecule has 0 radical (unpaired) electrons. The Bertz CT molecular complexity index is 448. The molecular weight excluding hydrogens is 292 g/mol. The van der Waals surface area contributed by atoms with Crippen molar-refractivity contribution in [1.82, 2.24) is 10.2 Å². The Kier molecular flexibility index (Phi) is 6.41. The Morgan fingerprint density at radius 1 is 1.29 bits per heavy atom. The van der Waals surface area contributed by atoms with Crippen molar-refractivity contribution < 1.29 is 27.1 Å². The minimum atomic E-state index is -4.34. The predicted molar refractivity (Wildman–Crippen MR) is 68.5 cm³/mol. The molecule has 118 valence electrons. The van der Waals surface area contributed by atoms with Crippen LogP contribution in [0.4, 0.5) is 17.6 Å². The van der Waals surface area contributed by atoms with E-state index in [-0.39, 0.29) is 19.0 Å². The highest BCUT2D eigenvalue weighted by atomic mass is 19.4. The topological polar surface area (TPSA) is 41.6 Å². The van der Waals surface area contributed by atoms with Gasteiger partial charge in [0, 0.05) is 7.05 Å². The Morgan fingerprint density at radius 2 is 1.90 bits per heavy atom. The third-order valence-electron chi connectivity index (χ3n) is 2.54. The van der Waals surface area contributed by atoms with Crippen LogP contribution in [0.1, 0.15) is 0 Å². The Hall–Kier alpha value is -1.83. The molecule has 0 unspecified atom stereocenters. The fourth-order valence-electron chi connectivity index (χ4n) is 1.40. The first kappa shape index (κ1) is 17.2. The van der Waals surface area contributed by atoms with E-state index in [0.29, 0.717) is 5.75 Å². The summed E-state index contributed by atoms with van der Waals surface area (Å²) in [7, 11) is 1.46. The number of amides is 1. The lowest BCUT2D eigenvalue weighted by Gasteiger charge is -2.18. The van der Waals surface area contributed by atoms with E-state index in [1.807, 2.05) is 5.32 Å². The van der Waals surface area contributed by atoms with E-state index in [4.69, 9.17) is 4.74 Å². The van der Waals surface area contributed by atoms with Crippen molar-refractivity contribution >= 4 is 5.91 Å². The smallest absolute Gasteiger partial charge is 0.401 e. The largest absolute Gasteiger partial charge is 0.492 e. The normalized spacial score (nSPS) is 11.3. The maximum atomic E-state index is 12.6. The van der Waals surface area contributed by atoms with Gasteiger partial charge < -0.3 is 15.0 Å². The number of hydrogen-bond donors (Lipinski definition) is 1. The summed E-state index contributed by atoms with van der Waals surface area (Å²) in [4.78, 5) is 12.8. The number of carbonyl (C=O) groups is 1. The Labute approximate surface area is 119 Å². The molecule has 0 saturated carbocycles. The van der Waals surface area contributed by atoms with E-state index in [2.05, 4.69) is 0 Å². The fourth-order valence-corrected chi connectivity index (χ4v) is 1.40. The first-order valence-electron chi connectivity index (χ1n) is 6.18. The van der Waals surface area contributed by atoms with Crippen LogP contribution in [-0.4, -0.2) is 50.3 Å². The van der Waals surface area contributed by atoms with Gasteiger partial charge in [-0.3, -0.25) is 4.79 Å². The molecule has 8 heteroatoms. The lowest BCUT2D eigenvalue weighted by molar-refractivity contribution is -0.133. The first-order valence-corrected chi connectivity index (χ1v) is 6.18. The lowest BCUT2D eigenvalue weighted by Crippen LogP contribution is -2.40. The molecule has 1 amide bonds. The van der Waals surface area contributed by atoms with Crippen molar-refractivity contribution in [1.29, 1.82) is 0 Å². The zero-order chi connectivity index (χ0) is 15.9. The summed E-state index contributed by atoms with van der Waals surface area (Å²) >= 11 is 0. The van der Waals surface area contributed by atoms with Crippen molar-refractivity contribution in [3.05, 3.63) is 30.1 Å². The van der Waals surface area contributed by atoms with Gasteiger partial charge in [-0.15, -0.1) is 0 Å². The highest BCUT2D eigenvalue weighted by molar-refractivity contribution is 5.77. The molecule has 21 heavy (non-hydrogen) atoms. The van der Waals surface area contributed by atoms with E-state index in [9.17, 15) is 22.4 Å². The molecule has 0 aromatic heterocycles. The van der Waals surface area contributed by atoms with Crippen molar-refractivity contribution in [2.24, 2.45) is 0 Å². The zero-order valence-corrected chi connectivity index (χ0v) is 11.4. The number of benzene rings is 1. The molecule has 1 rings (SSSR count). The summed E-state index contributed by atoms with van der Waals surface area (Å²) in [5, 5.41) is 2.02. The van der Waals surface area contributed by atoms with Gasteiger partial charge in [-0.2, -0.15) is 13.2 Å². The number of likely N-dealkylation sites (N-methyl/N-ethyl adjacent to an activating group) is 1. The van der Waals surface area contributed by atoms with Crippen molar-refractivity contribution in [3.8, 4) is 5.75 Å². The molecule has 0 fully saturated rings. The summed E-state index contributed by atoms with van der Waals surface area (Å²) in [6.07, 6.45) is -4.34. The van der Waals surface area contributed by atoms with Crippen molar-refractivity contribution in [2.75, 3.05) is 33.3 Å². The van der Waals surface area contributed by atoms with Crippen LogP contribution in [0.2, 0.25) is 0 Å². The molecule has 1 aromatic carbocycles. The van der Waals surface area contributed by atoms with Gasteiger partial charge in [0.15, 0.2) is 0 Å². The molecule has 4 nitrogen and oxygen atoms in total. The van der Waals surface area contributed by atoms with Crippen LogP contribution in [0, 0.1) is 5.82 Å². The second kappa shape index (κ2) is 7.82. The quantitative estimate of drug-likeness (QED) is 0.781. The highest BCUT2D eigenvalue weighted by Crippen LogP contribution is 2.12. The van der Waals surface area contributed by atoms with Gasteiger partial charge in [0.25, 0.3) is 0 Å². The number of rotatable bonds is 7. The van der Waals surface area contributed by atoms with E-state index < -0.39 is 25.2 Å². The maximum absolute atomic E-state index is 12.6. The highest BCUT2D eigenvalue weighted by Gasteiger charge is 2.26. The number of carbonyl (C=O) groups excluding carboxylic acids is 1. The van der Waals surface area contributed by atoms with Crippen LogP contribution in [0.3, 0.4) is 0 Å². The average Bonchev–Trinajstić information content (AvgIpc) is 2.39. The third kappa shape index (κ3) is 7.50. The van der Waals surface area contributed by atoms with E-state index >= 15 is 0 Å². The molecule has 0 heterocycles. The number of alkyl halides is 3. The third-order valence-corrected chi connectivity index (χ3v) is 2.54. The van der Waals surface area contributed by atoms with Gasteiger partial charge in [-0.25, -0.2) is 4.39 Å². The average molecular weight is 308 g/mol. The number of nitrogens with one attached hydrogen (secondary N) is 1. The molecule has 0 atom stereocenters. The number of nitrogens with zero attached hydrogens (tertiary/aromatic N) is 1. The van der Waals surface area contributed by atoms with Gasteiger partial charge >= 0.3 is 6.18 Å². The van der Waals surface area contributed by atoms with Gasteiger partial charge in [-0.05, 0) is 24.3 Å². The van der Waals surface area contributed by atoms with Crippen LogP contribution in [-0.2, 0) is 4.79 Å². The summed E-state index contributed by atoms with van der Waals surface area (Å²) in [6.45, 7) is -1.23. The molecular formula is C13H16F4N2O2. The fraction of sp³-hybridized carbons (Fsp3) is 0.462. The van der Waals surface area contributed by atoms with Gasteiger partial charge in [0.1, 0.15) is 18.2 Å². The molecule has 0 bridgehead atoms. The second-order valence-electron chi connectivity index (χ2n) is 4.34. The first-order chi connectivity index (χ1) is 9.78. The Balaban J connectivity index is 2.22. The maximum Gasteiger partial charge on any atom is 0.401 e. The minimum absolute atomic E-state index is 0.160. The molecule has 1 aromatic rings. The SMILES string of the molecule is CN(CCOc1ccc(F)cc1)C(=O)CNCC(F)(F)F. The summed E-state index contributed by atoms with van der Waals surface area (Å²) in [5.74, 6) is -0.403. The lowest BCUT2D eigenvalue weighted by atomic mass is 10.3. The van der Waals surface area contributed by atoms with Crippen molar-refractivity contribution in [2.45, 2.75) is 6.18 Å². The number of halogens is 4. The minimum Gasteiger partial charge on any atom is -0.492 e. The predicted octanol–water partition coefficient (Wildman–Crippen LogP) is 1.81. The summed E-state index contributed by atoms with van der Waals surface area (Å²) in [5.41, 5.74) is 0. The molecule has 0 saturated heterocycles. The molecule has 0 aliphatic carbocycles. The van der Waals surface area contributed by atoms with E-state index in [1.165, 1.54) is 36.2 Å². The zero-order valence-electron chi connectivity index (χ0n) is 11.4. The standard InChI is InChI=1S/C13H16F4N2O2/c1-19(12(20)8-18-9-13(15,16)17)6-7-21-11-4-2-10(14)3-5-11/h2-5,18H,6-9H2,1H3. The van der Waals surface area contributed by atoms with Gasteiger partial charge in [0.2, 0.25) is 5.91 Å². The van der Waals surface area contributed by atoms with E-state index in [1.54, 1.807) is 0 Å². The van der Waals surface area contributed by atoms with Crippen LogP contribution in [0.25, 0.3) is 0 Å². The monoisotopic (exact) mass is 308 g/mol. The van der Waals surface area contributed by atoms with Crippen LogP contribution in [0.5, 0.6) is 5.75 Å². The van der Waals surface area contributed by atoms with Crippen LogP contribution in [0.15, 0.2) is 24.3 Å². The van der Waals surface area contributed by atoms with Crippen LogP contribution < -0.4 is 10.1 Å². The Morgan fingerprint density at radius 3 is 2.48 bits per heavy atom.